The Morgan fingerprint density at radius 1 is 1.25 bits per heavy atom. The van der Waals surface area contributed by atoms with Crippen LogP contribution in [0.3, 0.4) is 0 Å². The van der Waals surface area contributed by atoms with Crippen LogP contribution in [-0.4, -0.2) is 4.98 Å². The van der Waals surface area contributed by atoms with Gasteiger partial charge in [0.25, 0.3) is 0 Å². The van der Waals surface area contributed by atoms with Gasteiger partial charge in [0.15, 0.2) is 0 Å². The number of nitrogen functional groups attached to an aromatic ring is 1. The van der Waals surface area contributed by atoms with Crippen molar-refractivity contribution in [1.29, 1.82) is 0 Å². The topological polar surface area (TPSA) is 38.9 Å². The lowest BCUT2D eigenvalue weighted by molar-refractivity contribution is 0.592. The summed E-state index contributed by atoms with van der Waals surface area (Å²) in [5.74, 6) is -0.0605. The van der Waals surface area contributed by atoms with E-state index in [9.17, 15) is 4.39 Å². The summed E-state index contributed by atoms with van der Waals surface area (Å²) < 4.78 is 13.7. The normalized spacial score (nSPS) is 12.0. The van der Waals surface area contributed by atoms with Crippen LogP contribution in [0.2, 0.25) is 0 Å². The molecule has 0 amide bonds. The smallest absolute Gasteiger partial charge is 0.134 e. The predicted molar refractivity (Wildman–Crippen MR) is 64.8 cm³/mol. The first-order chi connectivity index (χ1) is 7.41. The average molecular weight is 218 g/mol. The van der Waals surface area contributed by atoms with Gasteiger partial charge in [-0.3, -0.25) is 0 Å². The van der Waals surface area contributed by atoms with Gasteiger partial charge in [-0.15, -0.1) is 0 Å². The van der Waals surface area contributed by atoms with E-state index in [0.29, 0.717) is 5.39 Å². The Hall–Kier alpha value is -1.64. The molecule has 1 aromatic carbocycles. The zero-order valence-corrected chi connectivity index (χ0v) is 9.71. The van der Waals surface area contributed by atoms with Gasteiger partial charge in [-0.2, -0.15) is 0 Å². The molecule has 0 radical (unpaired) electrons. The highest BCUT2D eigenvalue weighted by molar-refractivity contribution is 5.94. The number of rotatable bonds is 0. The number of aromatic nitrogens is 1. The molecule has 2 aromatic rings. The maximum atomic E-state index is 13.7. The van der Waals surface area contributed by atoms with Crippen molar-refractivity contribution in [2.75, 3.05) is 5.73 Å². The van der Waals surface area contributed by atoms with Crippen molar-refractivity contribution in [2.45, 2.75) is 26.2 Å². The molecule has 1 aromatic heterocycles. The molecule has 0 unspecified atom stereocenters. The van der Waals surface area contributed by atoms with Crippen molar-refractivity contribution < 1.29 is 4.39 Å². The summed E-state index contributed by atoms with van der Waals surface area (Å²) in [6.45, 7) is 6.22. The Labute approximate surface area is 94.3 Å². The summed E-state index contributed by atoms with van der Waals surface area (Å²) in [6.07, 6.45) is 1.73. The van der Waals surface area contributed by atoms with Crippen molar-refractivity contribution in [3.63, 3.8) is 0 Å². The first-order valence-electron chi connectivity index (χ1n) is 5.24. The Balaban J connectivity index is 2.90. The molecule has 0 aliphatic carbocycles. The summed E-state index contributed by atoms with van der Waals surface area (Å²) in [5, 5.41) is 1.27. The Morgan fingerprint density at radius 2 is 1.94 bits per heavy atom. The van der Waals surface area contributed by atoms with Crippen LogP contribution in [-0.2, 0) is 5.41 Å². The van der Waals surface area contributed by atoms with Crippen LogP contribution in [0.5, 0.6) is 0 Å². The Morgan fingerprint density at radius 3 is 2.56 bits per heavy atom. The Kier molecular flexibility index (Phi) is 2.34. The Bertz CT molecular complexity index is 533. The number of hydrogen-bond acceptors (Lipinski definition) is 2. The van der Waals surface area contributed by atoms with E-state index in [-0.39, 0.29) is 17.1 Å². The average Bonchev–Trinajstić information content (AvgIpc) is 2.16. The second kappa shape index (κ2) is 3.44. The van der Waals surface area contributed by atoms with E-state index in [1.165, 1.54) is 6.07 Å². The van der Waals surface area contributed by atoms with E-state index in [4.69, 9.17) is 5.73 Å². The quantitative estimate of drug-likeness (QED) is 0.737. The van der Waals surface area contributed by atoms with Gasteiger partial charge in [0, 0.05) is 6.20 Å². The lowest BCUT2D eigenvalue weighted by Gasteiger charge is -2.21. The van der Waals surface area contributed by atoms with Gasteiger partial charge in [-0.1, -0.05) is 32.9 Å². The standard InChI is InChI=1S/C13H15FN2/c1-13(2,3)9-7-16-12(15)11-8(9)5-4-6-10(11)14/h4-7H,1-3H3,(H2,15,16). The second-order valence-electron chi connectivity index (χ2n) is 4.97. The molecule has 3 heteroatoms. The van der Waals surface area contributed by atoms with Crippen molar-refractivity contribution in [3.05, 3.63) is 35.8 Å². The molecule has 84 valence electrons. The number of nitrogens with zero attached hydrogens (tertiary/aromatic N) is 1. The minimum atomic E-state index is -0.311. The van der Waals surface area contributed by atoms with E-state index in [2.05, 4.69) is 25.8 Å². The molecule has 0 saturated heterocycles. The highest BCUT2D eigenvalue weighted by Crippen LogP contribution is 2.32. The van der Waals surface area contributed by atoms with Gasteiger partial charge in [0.2, 0.25) is 0 Å². The molecule has 2 nitrogen and oxygen atoms in total. The van der Waals surface area contributed by atoms with Gasteiger partial charge < -0.3 is 5.73 Å². The molecular formula is C13H15FN2. The number of nitrogens with two attached hydrogens (primary N) is 1. The second-order valence-corrected chi connectivity index (χ2v) is 4.97. The molecule has 0 spiro atoms. The van der Waals surface area contributed by atoms with Crippen molar-refractivity contribution in [1.82, 2.24) is 4.98 Å². The van der Waals surface area contributed by atoms with Crippen LogP contribution in [0.4, 0.5) is 10.2 Å². The molecule has 2 N–H and O–H groups in total. The van der Waals surface area contributed by atoms with Gasteiger partial charge in [0.1, 0.15) is 11.6 Å². The first kappa shape index (κ1) is 10.9. The van der Waals surface area contributed by atoms with Gasteiger partial charge in [-0.05, 0) is 22.4 Å². The summed E-state index contributed by atoms with van der Waals surface area (Å²) in [6, 6.07) is 5.00. The van der Waals surface area contributed by atoms with E-state index in [1.807, 2.05) is 6.07 Å². The maximum absolute atomic E-state index is 13.7. The highest BCUT2D eigenvalue weighted by atomic mass is 19.1. The van der Waals surface area contributed by atoms with Crippen molar-refractivity contribution in [2.24, 2.45) is 0 Å². The minimum Gasteiger partial charge on any atom is -0.383 e. The third-order valence-corrected chi connectivity index (χ3v) is 2.70. The number of benzene rings is 1. The number of halogens is 1. The summed E-state index contributed by atoms with van der Waals surface area (Å²) in [7, 11) is 0. The third-order valence-electron chi connectivity index (χ3n) is 2.70. The number of fused-ring (bicyclic) bond motifs is 1. The molecule has 0 aliphatic heterocycles. The maximum Gasteiger partial charge on any atom is 0.134 e. The molecule has 0 fully saturated rings. The van der Waals surface area contributed by atoms with Crippen LogP contribution in [0.15, 0.2) is 24.4 Å². The van der Waals surface area contributed by atoms with Crippen molar-refractivity contribution >= 4 is 16.6 Å². The fourth-order valence-corrected chi connectivity index (χ4v) is 1.87. The third kappa shape index (κ3) is 1.62. The molecule has 1 heterocycles. The molecule has 0 bridgehead atoms. The minimum absolute atomic E-state index is 0.0766. The fourth-order valence-electron chi connectivity index (χ4n) is 1.87. The highest BCUT2D eigenvalue weighted by Gasteiger charge is 2.19. The fraction of sp³-hybridized carbons (Fsp3) is 0.308. The van der Waals surface area contributed by atoms with E-state index in [1.54, 1.807) is 12.3 Å². The predicted octanol–water partition coefficient (Wildman–Crippen LogP) is 3.25. The lowest BCUT2D eigenvalue weighted by atomic mass is 9.85. The molecule has 2 rings (SSSR count). The molecule has 0 atom stereocenters. The number of anilines is 1. The van der Waals surface area contributed by atoms with Crippen LogP contribution >= 0.6 is 0 Å². The first-order valence-corrected chi connectivity index (χ1v) is 5.24. The molecule has 0 aliphatic rings. The zero-order valence-electron chi connectivity index (χ0n) is 9.71. The number of hydrogen-bond donors (Lipinski definition) is 1. The van der Waals surface area contributed by atoms with Crippen LogP contribution in [0.25, 0.3) is 10.8 Å². The van der Waals surface area contributed by atoms with Gasteiger partial charge in [-0.25, -0.2) is 9.37 Å². The van der Waals surface area contributed by atoms with E-state index >= 15 is 0 Å². The monoisotopic (exact) mass is 218 g/mol. The summed E-state index contributed by atoms with van der Waals surface area (Å²) in [5.41, 5.74) is 6.65. The van der Waals surface area contributed by atoms with Crippen LogP contribution in [0.1, 0.15) is 26.3 Å². The SMILES string of the molecule is CC(C)(C)c1cnc(N)c2c(F)cccc12. The largest absolute Gasteiger partial charge is 0.383 e. The molecule has 0 saturated carbocycles. The number of pyridine rings is 1. The molecule has 16 heavy (non-hydrogen) atoms. The molecular weight excluding hydrogens is 203 g/mol. The lowest BCUT2D eigenvalue weighted by Crippen LogP contribution is -2.13. The van der Waals surface area contributed by atoms with Crippen LogP contribution in [0, 0.1) is 5.82 Å². The van der Waals surface area contributed by atoms with Crippen LogP contribution < -0.4 is 5.73 Å². The van der Waals surface area contributed by atoms with E-state index in [0.717, 1.165) is 10.9 Å². The summed E-state index contributed by atoms with van der Waals surface area (Å²) in [4.78, 5) is 4.07. The van der Waals surface area contributed by atoms with Crippen molar-refractivity contribution in [3.8, 4) is 0 Å². The van der Waals surface area contributed by atoms with E-state index < -0.39 is 0 Å². The van der Waals surface area contributed by atoms with Gasteiger partial charge in [0.05, 0.1) is 5.39 Å². The summed E-state index contributed by atoms with van der Waals surface area (Å²) >= 11 is 0. The zero-order chi connectivity index (χ0) is 11.9. The van der Waals surface area contributed by atoms with Gasteiger partial charge >= 0.3 is 0 Å².